The number of pyridine rings is 1. The van der Waals surface area contributed by atoms with E-state index in [4.69, 9.17) is 0 Å². The SMILES string of the molecule is C.CC(C)C1CCC(C)(F)CC1.CC(C)c1c(F)cncc1F.CC(C)c1ccc(F)cc1F.Cc1cc(C)c(C(C)C)c(C)c1.Cc1cc(F)c(C(C)C)c(F)c1.Cc1ccc(C(C)C)cc1.Cc1cccc(C)c1C(C)C.Cc1cccc(C)c1C(C)C. The Bertz CT molecular complexity index is 2870. The average Bonchev–Trinajstić information content (AvgIpc) is 1.79. The molecule has 1 aliphatic carbocycles. The zero-order valence-corrected chi connectivity index (χ0v) is 59.6. The molecule has 0 atom stereocenters. The fourth-order valence-electron chi connectivity index (χ4n) is 11.6. The summed E-state index contributed by atoms with van der Waals surface area (Å²) in [5.41, 5.74) is 17.8. The fourth-order valence-corrected chi connectivity index (χ4v) is 11.6. The highest BCUT2D eigenvalue weighted by atomic mass is 19.2. The molecule has 90 heavy (non-hydrogen) atoms. The Hall–Kier alpha value is -6.02. The standard InChI is InChI=1S/C12H18.2C11H16.C10H12F2.C10H19F.C10H14.C9H10F2.C8H9F2N.CH4/c1-8(2)12-10(4)6-9(3)7-11(12)5;2*1-8(2)11-9(3)6-5-7-10(11)4;1-6(2)10-8(11)4-7(3)5-9(10)12;1-8(2)9-4-6-10(3,11)7-5-9;1-8(2)10-6-4-9(3)5-7-10;1-6(2)8-4-3-7(10)5-9(8)11;1-5(2)8-6(9)3-11-4-7(8)10;/h6-8H,1-5H3;2*5-8H,1-4H3;4-6H,1-3H3;8-9H,4-7H2,1-3H3;4-8H,1-3H3;3-6H,1-2H3;3-5H,1-2H3;1H4. The first-order valence-corrected chi connectivity index (χ1v) is 32.4. The number of halogens is 7. The van der Waals surface area contributed by atoms with Crippen molar-refractivity contribution in [2.75, 3.05) is 0 Å². The number of aryl methyl sites for hydroxylation is 9. The van der Waals surface area contributed by atoms with E-state index in [-0.39, 0.29) is 36.3 Å². The van der Waals surface area contributed by atoms with Crippen LogP contribution >= 0.6 is 0 Å². The van der Waals surface area contributed by atoms with Crippen molar-refractivity contribution in [3.8, 4) is 0 Å². The number of benzene rings is 6. The normalized spacial score (nSPS) is 14.1. The Balaban J connectivity index is 0.00000100. The van der Waals surface area contributed by atoms with Gasteiger partial charge in [0, 0.05) is 17.2 Å². The monoisotopic (exact) mass is 1250 g/mol. The van der Waals surface area contributed by atoms with Gasteiger partial charge in [0.2, 0.25) is 0 Å². The quantitative estimate of drug-likeness (QED) is 0.138. The van der Waals surface area contributed by atoms with Crippen LogP contribution in [0.2, 0.25) is 0 Å². The third kappa shape index (κ3) is 29.5. The third-order valence-electron chi connectivity index (χ3n) is 16.2. The molecule has 1 nitrogen and oxygen atoms in total. The van der Waals surface area contributed by atoms with Crippen LogP contribution in [0.1, 0.15) is 281 Å². The summed E-state index contributed by atoms with van der Waals surface area (Å²) in [5.74, 6) is 0.972. The molecule has 1 saturated carbocycles. The van der Waals surface area contributed by atoms with Crippen molar-refractivity contribution in [2.45, 2.75) is 260 Å². The second-order valence-corrected chi connectivity index (χ2v) is 27.2. The molecule has 7 aromatic rings. The Kier molecular flexibility index (Phi) is 38.0. The van der Waals surface area contributed by atoms with Crippen LogP contribution in [0.4, 0.5) is 30.7 Å². The van der Waals surface area contributed by atoms with Crippen LogP contribution in [0, 0.1) is 109 Å². The fraction of sp³-hybridized carbons (Fsp3) is 0.500. The first-order valence-electron chi connectivity index (χ1n) is 32.4. The molecular formula is C82H118F7N. The highest BCUT2D eigenvalue weighted by Crippen LogP contribution is 2.38. The zero-order chi connectivity index (χ0) is 68.4. The van der Waals surface area contributed by atoms with Crippen LogP contribution in [0.25, 0.3) is 0 Å². The van der Waals surface area contributed by atoms with Crippen molar-refractivity contribution in [2.24, 2.45) is 11.8 Å². The minimum absolute atomic E-state index is 0. The molecule has 0 bridgehead atoms. The maximum absolute atomic E-state index is 13.3. The van der Waals surface area contributed by atoms with E-state index in [1.165, 1.54) is 91.0 Å². The van der Waals surface area contributed by atoms with Crippen molar-refractivity contribution < 1.29 is 30.7 Å². The second-order valence-electron chi connectivity index (χ2n) is 27.2. The van der Waals surface area contributed by atoms with Crippen LogP contribution in [0.3, 0.4) is 0 Å². The summed E-state index contributed by atoms with van der Waals surface area (Å²) < 4.78 is 90.4. The minimum atomic E-state index is -0.856. The van der Waals surface area contributed by atoms with E-state index >= 15 is 0 Å². The summed E-state index contributed by atoms with van der Waals surface area (Å²) >= 11 is 0. The molecular weight excluding hydrogens is 1130 g/mol. The predicted octanol–water partition coefficient (Wildman–Crippen LogP) is 26.9. The van der Waals surface area contributed by atoms with Gasteiger partial charge < -0.3 is 0 Å². The Morgan fingerprint density at radius 2 is 0.711 bits per heavy atom. The lowest BCUT2D eigenvalue weighted by atomic mass is 9.76. The third-order valence-corrected chi connectivity index (χ3v) is 16.2. The molecule has 8 heteroatoms. The summed E-state index contributed by atoms with van der Waals surface area (Å²) in [6, 6.07) is 32.6. The molecule has 6 aromatic carbocycles. The lowest BCUT2D eigenvalue weighted by Crippen LogP contribution is -2.27. The van der Waals surface area contributed by atoms with Gasteiger partial charge in [0.1, 0.15) is 40.6 Å². The Morgan fingerprint density at radius 1 is 0.367 bits per heavy atom. The van der Waals surface area contributed by atoms with Gasteiger partial charge in [0.05, 0.1) is 12.4 Å². The van der Waals surface area contributed by atoms with Gasteiger partial charge in [-0.15, -0.1) is 0 Å². The first kappa shape index (κ1) is 84.0. The Morgan fingerprint density at radius 3 is 1.01 bits per heavy atom. The van der Waals surface area contributed by atoms with E-state index in [9.17, 15) is 30.7 Å². The van der Waals surface area contributed by atoms with Gasteiger partial charge in [-0.05, 0) is 233 Å². The predicted molar refractivity (Wildman–Crippen MR) is 377 cm³/mol. The Labute approximate surface area is 544 Å². The van der Waals surface area contributed by atoms with E-state index in [1.54, 1.807) is 41.5 Å². The number of hydrogen-bond acceptors (Lipinski definition) is 1. The van der Waals surface area contributed by atoms with Gasteiger partial charge in [-0.25, -0.2) is 30.7 Å². The molecule has 0 N–H and O–H groups in total. The van der Waals surface area contributed by atoms with Crippen molar-refractivity contribution in [3.05, 3.63) is 239 Å². The van der Waals surface area contributed by atoms with Crippen molar-refractivity contribution in [1.29, 1.82) is 0 Å². The lowest BCUT2D eigenvalue weighted by Gasteiger charge is -2.33. The molecule has 1 aromatic heterocycles. The van der Waals surface area contributed by atoms with Crippen LogP contribution < -0.4 is 0 Å². The van der Waals surface area contributed by atoms with E-state index in [2.05, 4.69) is 202 Å². The van der Waals surface area contributed by atoms with E-state index in [0.29, 0.717) is 34.8 Å². The summed E-state index contributed by atoms with van der Waals surface area (Å²) in [6.07, 6.45) is 5.78. The number of nitrogens with zero attached hydrogens (tertiary/aromatic N) is 1. The van der Waals surface area contributed by atoms with Gasteiger partial charge in [-0.1, -0.05) is 208 Å². The number of rotatable bonds is 8. The summed E-state index contributed by atoms with van der Waals surface area (Å²) in [5, 5.41) is 0. The molecule has 0 spiro atoms. The maximum atomic E-state index is 13.3. The van der Waals surface area contributed by atoms with Crippen LogP contribution in [0.15, 0.2) is 116 Å². The minimum Gasteiger partial charge on any atom is -0.259 e. The number of hydrogen-bond donors (Lipinski definition) is 0. The second kappa shape index (κ2) is 40.8. The maximum Gasteiger partial charge on any atom is 0.147 e. The van der Waals surface area contributed by atoms with Gasteiger partial charge in [0.15, 0.2) is 0 Å². The molecule has 8 rings (SSSR count). The smallest absolute Gasteiger partial charge is 0.147 e. The molecule has 0 saturated heterocycles. The summed E-state index contributed by atoms with van der Waals surface area (Å²) in [6.45, 7) is 54.0. The highest BCUT2D eigenvalue weighted by Gasteiger charge is 2.31. The van der Waals surface area contributed by atoms with Crippen LogP contribution in [0.5, 0.6) is 0 Å². The average molecular weight is 1250 g/mol. The summed E-state index contributed by atoms with van der Waals surface area (Å²) in [4.78, 5) is 3.38. The van der Waals surface area contributed by atoms with Gasteiger partial charge in [-0.2, -0.15) is 0 Å². The van der Waals surface area contributed by atoms with E-state index in [0.717, 1.165) is 56.0 Å². The number of alkyl halides is 1. The van der Waals surface area contributed by atoms with E-state index < -0.39 is 40.6 Å². The first-order chi connectivity index (χ1) is 41.2. The summed E-state index contributed by atoms with van der Waals surface area (Å²) in [7, 11) is 0. The van der Waals surface area contributed by atoms with Crippen LogP contribution in [-0.4, -0.2) is 10.7 Å². The van der Waals surface area contributed by atoms with Crippen molar-refractivity contribution >= 4 is 0 Å². The van der Waals surface area contributed by atoms with Crippen LogP contribution in [-0.2, 0) is 0 Å². The molecule has 0 amide bonds. The molecule has 1 fully saturated rings. The highest BCUT2D eigenvalue weighted by molar-refractivity contribution is 5.40. The molecule has 0 unspecified atom stereocenters. The van der Waals surface area contributed by atoms with Crippen molar-refractivity contribution in [3.63, 3.8) is 0 Å². The largest absolute Gasteiger partial charge is 0.259 e. The van der Waals surface area contributed by atoms with Gasteiger partial charge >= 0.3 is 0 Å². The molecule has 1 aliphatic rings. The molecule has 0 radical (unpaired) electrons. The van der Waals surface area contributed by atoms with Crippen molar-refractivity contribution in [1.82, 2.24) is 4.98 Å². The molecule has 500 valence electrons. The topological polar surface area (TPSA) is 12.9 Å². The molecule has 1 heterocycles. The molecule has 0 aliphatic heterocycles. The number of aromatic nitrogens is 1. The lowest BCUT2D eigenvalue weighted by molar-refractivity contribution is 0.0893. The van der Waals surface area contributed by atoms with Gasteiger partial charge in [-0.3, -0.25) is 4.98 Å². The van der Waals surface area contributed by atoms with E-state index in [1.807, 2.05) is 13.8 Å². The zero-order valence-electron chi connectivity index (χ0n) is 59.6. The van der Waals surface area contributed by atoms with Gasteiger partial charge in [0.25, 0.3) is 0 Å².